The van der Waals surface area contributed by atoms with Crippen molar-refractivity contribution >= 4 is 29.1 Å². The second-order valence-electron chi connectivity index (χ2n) is 1.33. The van der Waals surface area contributed by atoms with Crippen LogP contribution in [0.15, 0.2) is 0 Å². The molecule has 0 aliphatic carbocycles. The molecule has 0 saturated heterocycles. The lowest BCUT2D eigenvalue weighted by Crippen LogP contribution is -2.68. The van der Waals surface area contributed by atoms with E-state index in [-0.39, 0.29) is 0 Å². The number of hydrogen-bond acceptors (Lipinski definition) is 6. The number of rotatable bonds is 0. The molecular weight excluding hydrogens is 214 g/mol. The molecule has 1 rings (SSSR count). The van der Waals surface area contributed by atoms with Gasteiger partial charge >= 0.3 is 0 Å². The van der Waals surface area contributed by atoms with E-state index in [0.29, 0.717) is 0 Å². The van der Waals surface area contributed by atoms with E-state index >= 15 is 0 Å². The molecule has 1 aliphatic rings. The van der Waals surface area contributed by atoms with Gasteiger partial charge in [-0.2, -0.15) is 0 Å². The number of thioether (sulfide) groups is 2. The lowest BCUT2D eigenvalue weighted by Gasteiger charge is -2.17. The molecule has 11 heavy (non-hydrogen) atoms. The molecule has 0 saturated carbocycles. The summed E-state index contributed by atoms with van der Waals surface area (Å²) in [6, 6.07) is 0. The predicted molar refractivity (Wildman–Crippen MR) is 31.9 cm³/mol. The van der Waals surface area contributed by atoms with Crippen molar-refractivity contribution in [2.75, 3.05) is 11.0 Å². The molecule has 0 aromatic heterocycles. The summed E-state index contributed by atoms with van der Waals surface area (Å²) in [6.45, 7) is 0. The number of nitrogens with one attached hydrogen (secondary N) is 1. The van der Waals surface area contributed by atoms with Crippen molar-refractivity contribution in [1.82, 2.24) is 0 Å². The standard InChI is InChI=1S/C3H5NS2.ClHO4/c1-4-2-6-3-5-1;2-1(3,4)5/h1H,2-3H2;(H,2,3,4,5). The van der Waals surface area contributed by atoms with E-state index in [1.807, 2.05) is 29.1 Å². The highest BCUT2D eigenvalue weighted by molar-refractivity contribution is 8.23. The average Bonchev–Trinajstić information content (AvgIpc) is 1.88. The fourth-order valence-corrected chi connectivity index (χ4v) is 1.77. The van der Waals surface area contributed by atoms with Crippen LogP contribution in [0.1, 0.15) is 0 Å². The molecule has 0 aromatic carbocycles. The minimum atomic E-state index is -4.94. The molecule has 66 valence electrons. The van der Waals surface area contributed by atoms with E-state index in [9.17, 15) is 0 Å². The summed E-state index contributed by atoms with van der Waals surface area (Å²) in [7, 11) is -4.94. The maximum Gasteiger partial charge on any atom is 0.197 e. The van der Waals surface area contributed by atoms with Gasteiger partial charge in [-0.05, 0) is 0 Å². The van der Waals surface area contributed by atoms with E-state index in [2.05, 4.69) is 4.99 Å². The van der Waals surface area contributed by atoms with Crippen molar-refractivity contribution in [2.24, 2.45) is 0 Å². The Morgan fingerprint density at radius 3 is 1.91 bits per heavy atom. The van der Waals surface area contributed by atoms with Crippen molar-refractivity contribution in [3.63, 3.8) is 0 Å². The average molecular weight is 220 g/mol. The lowest BCUT2D eigenvalue weighted by molar-refractivity contribution is -2.00. The zero-order chi connectivity index (χ0) is 8.74. The molecule has 1 aliphatic heterocycles. The Morgan fingerprint density at radius 2 is 1.82 bits per heavy atom. The molecule has 0 radical (unpaired) electrons. The second kappa shape index (κ2) is 6.06. The van der Waals surface area contributed by atoms with E-state index < -0.39 is 10.2 Å². The van der Waals surface area contributed by atoms with Crippen LogP contribution in [0.4, 0.5) is 0 Å². The third-order valence-corrected chi connectivity index (χ3v) is 2.42. The third kappa shape index (κ3) is 18.0. The van der Waals surface area contributed by atoms with Crippen LogP contribution in [-0.2, 0) is 0 Å². The van der Waals surface area contributed by atoms with Crippen LogP contribution in [0.3, 0.4) is 0 Å². The summed E-state index contributed by atoms with van der Waals surface area (Å²) in [6.07, 6.45) is 0. The van der Waals surface area contributed by atoms with Crippen LogP contribution in [0.5, 0.6) is 0 Å². The quantitative estimate of drug-likeness (QED) is 0.436. The Kier molecular flexibility index (Phi) is 6.34. The topological polar surface area (TPSA) is 106 Å². The Morgan fingerprint density at radius 1 is 1.27 bits per heavy atom. The maximum atomic E-state index is 8.49. The minimum absolute atomic E-state index is 1.09. The molecule has 5 nitrogen and oxygen atoms in total. The zero-order valence-electron chi connectivity index (χ0n) is 5.32. The van der Waals surface area contributed by atoms with Gasteiger partial charge in [0.25, 0.3) is 0 Å². The molecule has 0 amide bonds. The normalized spacial score (nSPS) is 17.1. The highest BCUT2D eigenvalue weighted by Crippen LogP contribution is 2.06. The molecule has 0 spiro atoms. The Balaban J connectivity index is 0.000000187. The van der Waals surface area contributed by atoms with Crippen molar-refractivity contribution in [3.8, 4) is 0 Å². The summed E-state index contributed by atoms with van der Waals surface area (Å²) in [5.41, 5.74) is 2.04. The van der Waals surface area contributed by atoms with Gasteiger partial charge in [0.1, 0.15) is 0 Å². The van der Waals surface area contributed by atoms with Gasteiger partial charge in [-0.1, -0.05) is 23.5 Å². The van der Waals surface area contributed by atoms with Gasteiger partial charge in [-0.15, -0.1) is 10.2 Å². The largest absolute Gasteiger partial charge is 0.233 e. The first kappa shape index (κ1) is 11.5. The summed E-state index contributed by atoms with van der Waals surface area (Å²) >= 11 is 3.74. The van der Waals surface area contributed by atoms with E-state index in [1.165, 1.54) is 5.08 Å². The number of hydrogen-bond donors (Lipinski definition) is 1. The molecule has 1 heterocycles. The predicted octanol–water partition coefficient (Wildman–Crippen LogP) is -5.27. The monoisotopic (exact) mass is 219 g/mol. The fraction of sp³-hybridized carbons (Fsp3) is 0.667. The van der Waals surface area contributed by atoms with Crippen LogP contribution in [-0.4, -0.2) is 16.5 Å². The van der Waals surface area contributed by atoms with Gasteiger partial charge in [-0.3, -0.25) is 0 Å². The second-order valence-corrected chi connectivity index (χ2v) is 4.30. The van der Waals surface area contributed by atoms with Gasteiger partial charge < -0.3 is 0 Å². The Bertz CT molecular complexity index is 113. The first-order valence-corrected chi connectivity index (χ1v) is 5.80. The van der Waals surface area contributed by atoms with Crippen LogP contribution >= 0.6 is 23.5 Å². The summed E-state index contributed by atoms with van der Waals surface area (Å²) in [5.74, 6) is 1.09. The smallest absolute Gasteiger partial charge is 0.197 e. The summed E-state index contributed by atoms with van der Waals surface area (Å²) in [5, 5.41) is 1.22. The van der Waals surface area contributed by atoms with E-state index in [0.717, 1.165) is 5.88 Å². The third-order valence-electron chi connectivity index (χ3n) is 0.503. The maximum absolute atomic E-state index is 8.49. The van der Waals surface area contributed by atoms with E-state index in [4.69, 9.17) is 18.6 Å². The fourth-order valence-electron chi connectivity index (χ4n) is 0.276. The van der Waals surface area contributed by atoms with Crippen LogP contribution in [0.2, 0.25) is 0 Å². The molecular formula is C3H6ClNO4S2. The Labute approximate surface area is 74.2 Å². The van der Waals surface area contributed by atoms with Crippen LogP contribution in [0.25, 0.3) is 0 Å². The highest BCUT2D eigenvalue weighted by atomic mass is 35.7. The molecule has 0 unspecified atom stereocenters. The van der Waals surface area contributed by atoms with Crippen LogP contribution in [0, 0.1) is 10.2 Å². The van der Waals surface area contributed by atoms with E-state index in [1.54, 1.807) is 0 Å². The molecule has 0 fully saturated rings. The lowest BCUT2D eigenvalue weighted by atomic mass is 11.4. The SMILES string of the molecule is C1=[NH+]CSCS1.[O-][Cl+3]([O-])([O-])[O-]. The molecule has 0 atom stereocenters. The van der Waals surface area contributed by atoms with Crippen LogP contribution < -0.4 is 23.6 Å². The van der Waals surface area contributed by atoms with Crippen molar-refractivity contribution in [3.05, 3.63) is 0 Å². The zero-order valence-corrected chi connectivity index (χ0v) is 7.71. The Hall–Kier alpha value is 0.500. The van der Waals surface area contributed by atoms with Gasteiger partial charge in [0, 0.05) is 0 Å². The van der Waals surface area contributed by atoms with Crippen molar-refractivity contribution in [1.29, 1.82) is 0 Å². The number of halogens is 1. The molecule has 0 aromatic rings. The summed E-state index contributed by atoms with van der Waals surface area (Å²) < 4.78 is 34.0. The molecule has 0 bridgehead atoms. The first-order chi connectivity index (χ1) is 5.00. The molecule has 8 heteroatoms. The van der Waals surface area contributed by atoms with Gasteiger partial charge in [0.05, 0.1) is 5.08 Å². The van der Waals surface area contributed by atoms with Gasteiger partial charge in [0.15, 0.2) is 11.4 Å². The molecule has 1 N–H and O–H groups in total. The van der Waals surface area contributed by atoms with Crippen molar-refractivity contribution in [2.45, 2.75) is 0 Å². The van der Waals surface area contributed by atoms with Gasteiger partial charge in [0.2, 0.25) is 0 Å². The summed E-state index contributed by atoms with van der Waals surface area (Å²) in [4.78, 5) is 3.09. The first-order valence-electron chi connectivity index (χ1n) is 2.36. The van der Waals surface area contributed by atoms with Crippen molar-refractivity contribution < 1.29 is 33.9 Å². The minimum Gasteiger partial charge on any atom is -0.233 e. The highest BCUT2D eigenvalue weighted by Gasteiger charge is 1.94. The van der Waals surface area contributed by atoms with Gasteiger partial charge in [-0.25, -0.2) is 23.6 Å².